The number of aliphatic hydroxyl groups is 1. The third kappa shape index (κ3) is 1.53. The van der Waals surface area contributed by atoms with Gasteiger partial charge in [0.1, 0.15) is 0 Å². The zero-order chi connectivity index (χ0) is 10.8. The van der Waals surface area contributed by atoms with Gasteiger partial charge in [-0.15, -0.1) is 0 Å². The van der Waals surface area contributed by atoms with Crippen molar-refractivity contribution in [3.63, 3.8) is 0 Å². The van der Waals surface area contributed by atoms with Crippen LogP contribution in [0.4, 0.5) is 0 Å². The first-order valence-electron chi connectivity index (χ1n) is 4.49. The van der Waals surface area contributed by atoms with E-state index < -0.39 is 6.04 Å². The Morgan fingerprint density at radius 1 is 1.53 bits per heavy atom. The largest absolute Gasteiger partial charge is 0.481 e. The summed E-state index contributed by atoms with van der Waals surface area (Å²) in [6, 6.07) is -0.476. The number of imidazole rings is 1. The molecule has 0 saturated carbocycles. The smallest absolute Gasteiger partial charge is 0.218 e. The van der Waals surface area contributed by atoms with Crippen LogP contribution in [0.1, 0.15) is 11.7 Å². The highest BCUT2D eigenvalue weighted by Gasteiger charge is 2.13. The van der Waals surface area contributed by atoms with Gasteiger partial charge in [0.05, 0.1) is 44.0 Å². The summed E-state index contributed by atoms with van der Waals surface area (Å²) in [6.45, 7) is -0.140. The zero-order valence-electron chi connectivity index (χ0n) is 8.29. The second-order valence-corrected chi connectivity index (χ2v) is 3.12. The molecule has 3 N–H and O–H groups in total. The number of rotatable bonds is 3. The molecule has 1 unspecified atom stereocenters. The summed E-state index contributed by atoms with van der Waals surface area (Å²) in [7, 11) is 1.55. The molecule has 2 heterocycles. The Balaban J connectivity index is 2.65. The summed E-state index contributed by atoms with van der Waals surface area (Å²) in [4.78, 5) is 8.10. The molecule has 0 aromatic carbocycles. The summed E-state index contributed by atoms with van der Waals surface area (Å²) in [5.74, 6) is 0.545. The van der Waals surface area contributed by atoms with Crippen LogP contribution in [0, 0.1) is 0 Å². The predicted octanol–water partition coefficient (Wildman–Crippen LogP) is -0.270. The maximum Gasteiger partial charge on any atom is 0.218 e. The molecule has 0 aliphatic rings. The van der Waals surface area contributed by atoms with E-state index in [4.69, 9.17) is 15.6 Å². The molecule has 0 spiro atoms. The average molecular weight is 208 g/mol. The molecule has 6 heteroatoms. The van der Waals surface area contributed by atoms with Crippen molar-refractivity contribution < 1.29 is 9.84 Å². The number of ether oxygens (including phenoxy) is 1. The van der Waals surface area contributed by atoms with E-state index >= 15 is 0 Å². The van der Waals surface area contributed by atoms with Crippen LogP contribution in [0.3, 0.4) is 0 Å². The molecule has 0 bridgehead atoms. The molecule has 15 heavy (non-hydrogen) atoms. The van der Waals surface area contributed by atoms with Gasteiger partial charge in [0.15, 0.2) is 5.65 Å². The lowest BCUT2D eigenvalue weighted by molar-refractivity contribution is 0.264. The predicted molar refractivity (Wildman–Crippen MR) is 53.6 cm³/mol. The summed E-state index contributed by atoms with van der Waals surface area (Å²) in [5.41, 5.74) is 7.09. The quantitative estimate of drug-likeness (QED) is 0.725. The van der Waals surface area contributed by atoms with Gasteiger partial charge in [0, 0.05) is 0 Å². The van der Waals surface area contributed by atoms with Gasteiger partial charge in [-0.1, -0.05) is 0 Å². The van der Waals surface area contributed by atoms with Gasteiger partial charge in [-0.3, -0.25) is 9.38 Å². The molecule has 2 aromatic heterocycles. The van der Waals surface area contributed by atoms with Gasteiger partial charge in [0.2, 0.25) is 5.88 Å². The fraction of sp³-hybridized carbons (Fsp3) is 0.333. The summed E-state index contributed by atoms with van der Waals surface area (Å²) < 4.78 is 6.87. The van der Waals surface area contributed by atoms with Crippen molar-refractivity contribution in [2.45, 2.75) is 6.04 Å². The molecule has 0 saturated heterocycles. The first kappa shape index (κ1) is 9.88. The summed E-state index contributed by atoms with van der Waals surface area (Å²) >= 11 is 0. The van der Waals surface area contributed by atoms with Gasteiger partial charge in [-0.2, -0.15) is 0 Å². The number of aliphatic hydroxyl groups excluding tert-OH is 1. The minimum absolute atomic E-state index is 0.140. The molecular formula is C9H12N4O2. The standard InChI is InChI=1S/C9H12N4O2/c1-15-9-4-11-3-8-12-2-7(13(8)9)6(10)5-14/h2-4,6,14H,5,10H2,1H3. The highest BCUT2D eigenvalue weighted by molar-refractivity contribution is 5.41. The van der Waals surface area contributed by atoms with E-state index in [1.54, 1.807) is 30.1 Å². The molecule has 80 valence electrons. The van der Waals surface area contributed by atoms with E-state index in [1.807, 2.05) is 0 Å². The molecule has 0 fully saturated rings. The van der Waals surface area contributed by atoms with Crippen molar-refractivity contribution in [2.24, 2.45) is 5.73 Å². The number of fused-ring (bicyclic) bond motifs is 1. The summed E-state index contributed by atoms with van der Waals surface area (Å²) in [6.07, 6.45) is 4.79. The molecule has 0 radical (unpaired) electrons. The Kier molecular flexibility index (Phi) is 2.53. The zero-order valence-corrected chi connectivity index (χ0v) is 8.29. The molecule has 0 amide bonds. The van der Waals surface area contributed by atoms with Gasteiger partial charge >= 0.3 is 0 Å². The lowest BCUT2D eigenvalue weighted by Gasteiger charge is -2.10. The number of nitrogens with two attached hydrogens (primary N) is 1. The van der Waals surface area contributed by atoms with E-state index in [-0.39, 0.29) is 6.61 Å². The van der Waals surface area contributed by atoms with Crippen LogP contribution in [0.25, 0.3) is 5.65 Å². The van der Waals surface area contributed by atoms with Crippen molar-refractivity contribution in [2.75, 3.05) is 13.7 Å². The summed E-state index contributed by atoms with van der Waals surface area (Å²) in [5, 5.41) is 9.01. The van der Waals surface area contributed by atoms with E-state index in [1.165, 1.54) is 0 Å². The SMILES string of the molecule is COc1cncc2ncc(C(N)CO)n12. The molecule has 2 aromatic rings. The van der Waals surface area contributed by atoms with Gasteiger partial charge in [-0.05, 0) is 0 Å². The lowest BCUT2D eigenvalue weighted by atomic mass is 10.2. The van der Waals surface area contributed by atoms with Crippen LogP contribution in [-0.2, 0) is 0 Å². The molecule has 0 aliphatic carbocycles. The number of methoxy groups -OCH3 is 1. The Morgan fingerprint density at radius 2 is 2.33 bits per heavy atom. The maximum absolute atomic E-state index is 9.01. The lowest BCUT2D eigenvalue weighted by Crippen LogP contribution is -2.17. The highest BCUT2D eigenvalue weighted by atomic mass is 16.5. The fourth-order valence-electron chi connectivity index (χ4n) is 1.44. The van der Waals surface area contributed by atoms with Crippen molar-refractivity contribution >= 4 is 5.65 Å². The van der Waals surface area contributed by atoms with Gasteiger partial charge in [0.25, 0.3) is 0 Å². The molecule has 0 aliphatic heterocycles. The normalized spacial score (nSPS) is 13.0. The molecular weight excluding hydrogens is 196 g/mol. The van der Waals surface area contributed by atoms with E-state index in [0.29, 0.717) is 17.2 Å². The van der Waals surface area contributed by atoms with Crippen molar-refractivity contribution in [3.8, 4) is 5.88 Å². The first-order chi connectivity index (χ1) is 7.27. The fourth-order valence-corrected chi connectivity index (χ4v) is 1.44. The van der Waals surface area contributed by atoms with E-state index in [9.17, 15) is 0 Å². The van der Waals surface area contributed by atoms with Gasteiger partial charge in [-0.25, -0.2) is 4.98 Å². The Hall–Kier alpha value is -1.66. The number of hydrogen-bond donors (Lipinski definition) is 2. The van der Waals surface area contributed by atoms with E-state index in [0.717, 1.165) is 0 Å². The maximum atomic E-state index is 9.01. The van der Waals surface area contributed by atoms with E-state index in [2.05, 4.69) is 9.97 Å². The Labute approximate surface area is 86.3 Å². The Morgan fingerprint density at radius 3 is 3.00 bits per heavy atom. The first-order valence-corrected chi connectivity index (χ1v) is 4.49. The minimum atomic E-state index is -0.476. The van der Waals surface area contributed by atoms with Crippen molar-refractivity contribution in [3.05, 3.63) is 24.3 Å². The van der Waals surface area contributed by atoms with Gasteiger partial charge < -0.3 is 15.6 Å². The van der Waals surface area contributed by atoms with Crippen LogP contribution in [0.2, 0.25) is 0 Å². The topological polar surface area (TPSA) is 85.7 Å². The minimum Gasteiger partial charge on any atom is -0.481 e. The monoisotopic (exact) mass is 208 g/mol. The molecule has 2 rings (SSSR count). The third-order valence-corrected chi connectivity index (χ3v) is 2.20. The number of hydrogen-bond acceptors (Lipinski definition) is 5. The highest BCUT2D eigenvalue weighted by Crippen LogP contribution is 2.18. The van der Waals surface area contributed by atoms with Crippen molar-refractivity contribution in [1.29, 1.82) is 0 Å². The van der Waals surface area contributed by atoms with Crippen molar-refractivity contribution in [1.82, 2.24) is 14.4 Å². The van der Waals surface area contributed by atoms with Crippen LogP contribution in [0.5, 0.6) is 5.88 Å². The molecule has 6 nitrogen and oxygen atoms in total. The average Bonchev–Trinajstić information content (AvgIpc) is 2.71. The second-order valence-electron chi connectivity index (χ2n) is 3.12. The number of nitrogens with zero attached hydrogens (tertiary/aromatic N) is 3. The van der Waals surface area contributed by atoms with Crippen LogP contribution < -0.4 is 10.5 Å². The Bertz CT molecular complexity index is 468. The van der Waals surface area contributed by atoms with Crippen LogP contribution in [0.15, 0.2) is 18.6 Å². The van der Waals surface area contributed by atoms with Crippen LogP contribution in [-0.4, -0.2) is 33.2 Å². The van der Waals surface area contributed by atoms with Crippen LogP contribution >= 0.6 is 0 Å². The second kappa shape index (κ2) is 3.84. The molecule has 1 atom stereocenters. The number of aromatic nitrogens is 3. The third-order valence-electron chi connectivity index (χ3n) is 2.20.